The lowest BCUT2D eigenvalue weighted by atomic mass is 9.90. The number of carbonyl (C=O) groups is 2. The first-order valence-electron chi connectivity index (χ1n) is 15.8. The molecule has 1 aliphatic carbocycles. The smallest absolute Gasteiger partial charge is 0.411 e. The molecule has 2 aromatic heterocycles. The van der Waals surface area contributed by atoms with E-state index in [4.69, 9.17) is 30.2 Å². The van der Waals surface area contributed by atoms with E-state index in [0.29, 0.717) is 39.4 Å². The Morgan fingerprint density at radius 3 is 2.19 bits per heavy atom. The van der Waals surface area contributed by atoms with Gasteiger partial charge in [-0.05, 0) is 79.8 Å². The Balaban J connectivity index is 1.26. The fourth-order valence-corrected chi connectivity index (χ4v) is 8.38. The Labute approximate surface area is 292 Å². The summed E-state index contributed by atoms with van der Waals surface area (Å²) in [6.07, 6.45) is 2.38. The Bertz CT molecular complexity index is 1440. The topological polar surface area (TPSA) is 107 Å². The molecule has 0 aliphatic heterocycles. The van der Waals surface area contributed by atoms with Crippen LogP contribution in [0.5, 0.6) is 5.75 Å². The van der Waals surface area contributed by atoms with Crippen molar-refractivity contribution in [2.24, 2.45) is 0 Å². The lowest BCUT2D eigenvalue weighted by Crippen LogP contribution is -2.45. The molecule has 0 spiro atoms. The van der Waals surface area contributed by atoms with Crippen LogP contribution in [0.15, 0.2) is 47.2 Å². The maximum Gasteiger partial charge on any atom is 0.411 e. The van der Waals surface area contributed by atoms with Gasteiger partial charge in [0, 0.05) is 24.2 Å². The third-order valence-corrected chi connectivity index (χ3v) is 16.1. The molecule has 1 saturated carbocycles. The maximum atomic E-state index is 12.7. The van der Waals surface area contributed by atoms with E-state index in [9.17, 15) is 14.7 Å². The third-order valence-electron chi connectivity index (χ3n) is 9.33. The monoisotopic (exact) mass is 722 g/mol. The second-order valence-corrected chi connectivity index (χ2v) is 20.5. The van der Waals surface area contributed by atoms with Gasteiger partial charge >= 0.3 is 12.1 Å². The molecule has 0 atom stereocenters. The van der Waals surface area contributed by atoms with Crippen LogP contribution in [-0.2, 0) is 30.9 Å². The van der Waals surface area contributed by atoms with Gasteiger partial charge in [-0.25, -0.2) is 9.59 Å². The van der Waals surface area contributed by atoms with Gasteiger partial charge in [0.1, 0.15) is 12.4 Å². The van der Waals surface area contributed by atoms with E-state index in [1.54, 1.807) is 19.2 Å². The van der Waals surface area contributed by atoms with E-state index in [2.05, 4.69) is 44.1 Å². The van der Waals surface area contributed by atoms with Gasteiger partial charge in [0.2, 0.25) is 5.60 Å². The summed E-state index contributed by atoms with van der Waals surface area (Å²) in [6, 6.07) is 11.1. The number of carboxylic acid groups (broad SMARTS) is 1. The summed E-state index contributed by atoms with van der Waals surface area (Å²) >= 11 is 9.33. The Morgan fingerprint density at radius 2 is 1.68 bits per heavy atom. The van der Waals surface area contributed by atoms with Crippen molar-refractivity contribution in [3.8, 4) is 5.75 Å². The number of nitrogens with zero attached hydrogens (tertiary/aromatic N) is 1. The number of carboxylic acids is 1. The second-order valence-electron chi connectivity index (χ2n) is 13.4. The molecule has 0 unspecified atom stereocenters. The molecule has 0 saturated heterocycles. The summed E-state index contributed by atoms with van der Waals surface area (Å²) < 4.78 is 23.9. The number of aliphatic carboxylic acids is 1. The molecule has 2 N–H and O–H groups in total. The van der Waals surface area contributed by atoms with Crippen LogP contribution in [0.4, 0.5) is 10.5 Å². The van der Waals surface area contributed by atoms with Gasteiger partial charge in [-0.1, -0.05) is 44.5 Å². The molecule has 13 heteroatoms. The third kappa shape index (κ3) is 8.97. The van der Waals surface area contributed by atoms with Crippen molar-refractivity contribution in [1.82, 2.24) is 4.90 Å². The minimum atomic E-state index is -1.98. The Kier molecular flexibility index (Phi) is 12.6. The Morgan fingerprint density at radius 1 is 1.06 bits per heavy atom. The quantitative estimate of drug-likeness (QED) is 0.159. The summed E-state index contributed by atoms with van der Waals surface area (Å²) in [5.74, 6) is -0.419. The maximum absolute atomic E-state index is 12.7. The number of nitrogens with one attached hydrogen (secondary N) is 1. The van der Waals surface area contributed by atoms with Gasteiger partial charge in [0.15, 0.2) is 8.32 Å². The number of methoxy groups -OCH3 is 1. The number of likely N-dealkylation sites (N-methyl/N-ethyl adjacent to an activating group) is 1. The molecule has 0 bridgehead atoms. The van der Waals surface area contributed by atoms with E-state index in [1.165, 1.54) is 22.7 Å². The number of amides is 1. The molecule has 258 valence electrons. The average molecular weight is 723 g/mol. The van der Waals surface area contributed by atoms with Crippen LogP contribution in [-0.4, -0.2) is 69.8 Å². The number of hydrogen-bond acceptors (Lipinski definition) is 9. The zero-order valence-corrected chi connectivity index (χ0v) is 31.7. The summed E-state index contributed by atoms with van der Waals surface area (Å²) in [5.41, 5.74) is -0.285. The van der Waals surface area contributed by atoms with Crippen molar-refractivity contribution >= 4 is 60.3 Å². The zero-order valence-electron chi connectivity index (χ0n) is 28.3. The average Bonchev–Trinajstić information content (AvgIpc) is 3.75. The first-order chi connectivity index (χ1) is 22.2. The van der Waals surface area contributed by atoms with Crippen molar-refractivity contribution in [1.29, 1.82) is 0 Å². The molecular formula is C34H47ClN2O7S2Si. The van der Waals surface area contributed by atoms with E-state index >= 15 is 0 Å². The van der Waals surface area contributed by atoms with Gasteiger partial charge < -0.3 is 28.6 Å². The van der Waals surface area contributed by atoms with Crippen LogP contribution in [0.2, 0.25) is 23.2 Å². The number of rotatable bonds is 14. The van der Waals surface area contributed by atoms with E-state index in [1.807, 2.05) is 42.1 Å². The van der Waals surface area contributed by atoms with Gasteiger partial charge in [0.25, 0.3) is 0 Å². The van der Waals surface area contributed by atoms with E-state index in [0.717, 1.165) is 31.2 Å². The molecule has 1 aromatic carbocycles. The highest BCUT2D eigenvalue weighted by Crippen LogP contribution is 2.43. The molecule has 3 aromatic rings. The fourth-order valence-electron chi connectivity index (χ4n) is 5.39. The number of halogens is 1. The highest BCUT2D eigenvalue weighted by atomic mass is 35.5. The Hall–Kier alpha value is -2.45. The van der Waals surface area contributed by atoms with Crippen LogP contribution in [0.1, 0.15) is 61.8 Å². The molecule has 9 nitrogen and oxygen atoms in total. The number of ether oxygens (including phenoxy) is 3. The van der Waals surface area contributed by atoms with Crippen LogP contribution in [0.3, 0.4) is 0 Å². The molecule has 1 aliphatic rings. The molecule has 1 amide bonds. The minimum Gasteiger partial charge on any atom is -0.496 e. The highest BCUT2D eigenvalue weighted by molar-refractivity contribution is 7.12. The minimum absolute atomic E-state index is 0.0700. The number of benzene rings is 1. The van der Waals surface area contributed by atoms with Gasteiger partial charge in [0.05, 0.1) is 40.3 Å². The molecule has 1 fully saturated rings. The van der Waals surface area contributed by atoms with Gasteiger partial charge in [-0.3, -0.25) is 5.32 Å². The van der Waals surface area contributed by atoms with Crippen molar-refractivity contribution in [3.05, 3.63) is 67.5 Å². The SMILES string of the molecule is COc1cc(NC(=O)OCCN(C)C2CCC(OC(C(=O)O)(c3cccs3)c3cccs3)CC2)c(Cl)cc1CO[Si](C)(C)C(C)(C)C. The lowest BCUT2D eigenvalue weighted by molar-refractivity contribution is -0.170. The fraction of sp³-hybridized carbons (Fsp3) is 0.529. The number of thiophene rings is 2. The summed E-state index contributed by atoms with van der Waals surface area (Å²) in [6.45, 7) is 12.1. The normalized spacial score (nSPS) is 17.5. The number of hydrogen-bond donors (Lipinski definition) is 2. The number of carbonyl (C=O) groups excluding carboxylic acids is 1. The molecule has 2 heterocycles. The van der Waals surface area contributed by atoms with Crippen LogP contribution in [0.25, 0.3) is 0 Å². The van der Waals surface area contributed by atoms with Crippen molar-refractivity contribution < 1.29 is 33.3 Å². The summed E-state index contributed by atoms with van der Waals surface area (Å²) in [7, 11) is 1.61. The van der Waals surface area contributed by atoms with Gasteiger partial charge in [-0.2, -0.15) is 0 Å². The number of anilines is 1. The predicted molar refractivity (Wildman–Crippen MR) is 192 cm³/mol. The molecule has 0 radical (unpaired) electrons. The first kappa shape index (κ1) is 37.4. The van der Waals surface area contributed by atoms with E-state index in [-0.39, 0.29) is 23.8 Å². The summed E-state index contributed by atoms with van der Waals surface area (Å²) in [5, 5.41) is 17.4. The lowest BCUT2D eigenvalue weighted by Gasteiger charge is -2.38. The molecule has 47 heavy (non-hydrogen) atoms. The van der Waals surface area contributed by atoms with Crippen LogP contribution in [0, 0.1) is 0 Å². The summed E-state index contributed by atoms with van der Waals surface area (Å²) in [4.78, 5) is 28.9. The van der Waals surface area contributed by atoms with Crippen LogP contribution < -0.4 is 10.1 Å². The van der Waals surface area contributed by atoms with Crippen molar-refractivity contribution in [2.45, 2.75) is 88.9 Å². The largest absolute Gasteiger partial charge is 0.496 e. The van der Waals surface area contributed by atoms with Gasteiger partial charge in [-0.15, -0.1) is 22.7 Å². The highest BCUT2D eigenvalue weighted by Gasteiger charge is 2.48. The second kappa shape index (κ2) is 15.8. The van der Waals surface area contributed by atoms with Crippen LogP contribution >= 0.6 is 34.3 Å². The zero-order chi connectivity index (χ0) is 34.4. The van der Waals surface area contributed by atoms with E-state index < -0.39 is 26.0 Å². The molecule has 4 rings (SSSR count). The predicted octanol–water partition coefficient (Wildman–Crippen LogP) is 8.83. The first-order valence-corrected chi connectivity index (χ1v) is 20.9. The molecular weight excluding hydrogens is 676 g/mol. The standard InChI is InChI=1S/C34H47ClN2O7S2Si/c1-33(2,3)47(6,7)43-22-23-20-26(35)27(21-28(23)41-5)36-32(40)42-17-16-37(4)24-12-14-25(15-13-24)44-34(31(38)39,29-10-8-18-45-29)30-11-9-19-46-30/h8-11,18-21,24-25H,12-17,22H2,1-7H3,(H,36,40)(H,38,39). The van der Waals surface area contributed by atoms with Crippen molar-refractivity contribution in [3.63, 3.8) is 0 Å². The van der Waals surface area contributed by atoms with Crippen molar-refractivity contribution in [2.75, 3.05) is 32.6 Å².